The molecule has 0 aromatic carbocycles. The average Bonchev–Trinajstić information content (AvgIpc) is 2.22. The summed E-state index contributed by atoms with van der Waals surface area (Å²) < 4.78 is 34.4. The largest absolute Gasteiger partial charge is 0.480 e. The van der Waals surface area contributed by atoms with Crippen LogP contribution in [0.1, 0.15) is 6.42 Å². The van der Waals surface area contributed by atoms with Crippen LogP contribution in [0.15, 0.2) is 0 Å². The third-order valence-corrected chi connectivity index (χ3v) is 2.64. The van der Waals surface area contributed by atoms with E-state index in [1.54, 1.807) is 4.72 Å². The zero-order chi connectivity index (χ0) is 13.5. The second kappa shape index (κ2) is 7.04. The fourth-order valence-corrected chi connectivity index (χ4v) is 1.79. The normalized spacial score (nSPS) is 12.8. The van der Waals surface area contributed by atoms with Crippen LogP contribution in [0, 0.1) is 0 Å². The molecule has 0 heterocycles. The molecule has 3 N–H and O–H groups in total. The first-order chi connectivity index (χ1) is 7.82. The van der Waals surface area contributed by atoms with Gasteiger partial charge in [-0.25, -0.2) is 9.52 Å². The Hall–Kier alpha value is -1.39. The molecular weight excluding hydrogens is 256 g/mol. The summed E-state index contributed by atoms with van der Waals surface area (Å²) in [5, 5.41) is 8.73. The molecule has 0 aromatic rings. The number of methoxy groups -OCH3 is 2. The van der Waals surface area contributed by atoms with Gasteiger partial charge in [0.2, 0.25) is 0 Å². The van der Waals surface area contributed by atoms with Crippen molar-refractivity contribution in [1.82, 2.24) is 9.44 Å². The summed E-state index contributed by atoms with van der Waals surface area (Å²) in [6.07, 6.45) is -1.29. The van der Waals surface area contributed by atoms with Crippen molar-refractivity contribution in [2.24, 2.45) is 0 Å². The lowest BCUT2D eigenvalue weighted by Crippen LogP contribution is -2.48. The number of aliphatic carboxylic acids is 1. The molecule has 1 atom stereocenters. The lowest BCUT2D eigenvalue weighted by Gasteiger charge is -2.14. The Morgan fingerprint density at radius 2 is 1.94 bits per heavy atom. The smallest absolute Gasteiger partial charge is 0.421 e. The number of ether oxygens (including phenoxy) is 2. The summed E-state index contributed by atoms with van der Waals surface area (Å²) in [6.45, 7) is 0.0533. The van der Waals surface area contributed by atoms with Gasteiger partial charge in [0.15, 0.2) is 0 Å². The molecule has 0 saturated heterocycles. The molecule has 10 heteroatoms. The highest BCUT2D eigenvalue weighted by molar-refractivity contribution is 7.88. The van der Waals surface area contributed by atoms with E-state index >= 15 is 0 Å². The fraction of sp³-hybridized carbons (Fsp3) is 0.714. The van der Waals surface area contributed by atoms with Gasteiger partial charge in [0.1, 0.15) is 6.04 Å². The summed E-state index contributed by atoms with van der Waals surface area (Å²) in [7, 11) is -1.95. The molecular formula is C7H14N2O7S. The van der Waals surface area contributed by atoms with Crippen molar-refractivity contribution in [2.75, 3.05) is 20.8 Å². The van der Waals surface area contributed by atoms with E-state index in [2.05, 4.69) is 9.47 Å². The maximum Gasteiger partial charge on any atom is 0.421 e. The SMILES string of the molecule is COCCC(NS(=O)(=O)NC(=O)OC)C(=O)O. The molecule has 17 heavy (non-hydrogen) atoms. The maximum atomic E-state index is 11.3. The van der Waals surface area contributed by atoms with E-state index in [-0.39, 0.29) is 13.0 Å². The first-order valence-corrected chi connectivity index (χ1v) is 5.90. The molecule has 9 nitrogen and oxygen atoms in total. The van der Waals surface area contributed by atoms with E-state index in [4.69, 9.17) is 5.11 Å². The number of amides is 1. The molecule has 0 aromatic heterocycles. The standard InChI is InChI=1S/C7H14N2O7S/c1-15-4-3-5(6(10)11)8-17(13,14)9-7(12)16-2/h5,8H,3-4H2,1-2H3,(H,9,12)(H,10,11). The molecule has 0 spiro atoms. The van der Waals surface area contributed by atoms with Gasteiger partial charge in [-0.3, -0.25) is 4.79 Å². The molecule has 0 radical (unpaired) electrons. The van der Waals surface area contributed by atoms with Gasteiger partial charge >= 0.3 is 22.3 Å². The average molecular weight is 270 g/mol. The topological polar surface area (TPSA) is 131 Å². The van der Waals surface area contributed by atoms with Crippen LogP contribution in [0.3, 0.4) is 0 Å². The van der Waals surface area contributed by atoms with Crippen LogP contribution in [0.4, 0.5) is 4.79 Å². The Bertz CT molecular complexity index is 366. The monoisotopic (exact) mass is 270 g/mol. The molecule has 1 amide bonds. The van der Waals surface area contributed by atoms with Crippen molar-refractivity contribution < 1.29 is 32.6 Å². The molecule has 0 aliphatic heterocycles. The highest BCUT2D eigenvalue weighted by Gasteiger charge is 2.25. The molecule has 0 bridgehead atoms. The van der Waals surface area contributed by atoms with Crippen LogP contribution in [0.2, 0.25) is 0 Å². The summed E-state index contributed by atoms with van der Waals surface area (Å²) in [4.78, 5) is 21.4. The molecule has 0 aliphatic carbocycles. The lowest BCUT2D eigenvalue weighted by atomic mass is 10.2. The second-order valence-corrected chi connectivity index (χ2v) is 4.33. The summed E-state index contributed by atoms with van der Waals surface area (Å²) >= 11 is 0. The van der Waals surface area contributed by atoms with Gasteiger partial charge in [-0.05, 0) is 6.42 Å². The lowest BCUT2D eigenvalue weighted by molar-refractivity contribution is -0.139. The zero-order valence-corrected chi connectivity index (χ0v) is 10.1. The van der Waals surface area contributed by atoms with Crippen LogP contribution in [0.25, 0.3) is 0 Å². The van der Waals surface area contributed by atoms with Gasteiger partial charge in [-0.1, -0.05) is 0 Å². The van der Waals surface area contributed by atoms with Gasteiger partial charge in [-0.15, -0.1) is 0 Å². The molecule has 0 rings (SSSR count). The Morgan fingerprint density at radius 3 is 2.35 bits per heavy atom. The second-order valence-electron chi connectivity index (χ2n) is 2.89. The Balaban J connectivity index is 4.52. The predicted octanol–water partition coefficient (Wildman–Crippen LogP) is -1.33. The molecule has 0 saturated carbocycles. The van der Waals surface area contributed by atoms with E-state index in [0.29, 0.717) is 0 Å². The van der Waals surface area contributed by atoms with Gasteiger partial charge < -0.3 is 14.6 Å². The number of carboxylic acids is 1. The number of rotatable bonds is 7. The fourth-order valence-electron chi connectivity index (χ4n) is 0.837. The third-order valence-electron chi connectivity index (χ3n) is 1.61. The van der Waals surface area contributed by atoms with Crippen LogP contribution in [0.5, 0.6) is 0 Å². The highest BCUT2D eigenvalue weighted by Crippen LogP contribution is 1.95. The predicted molar refractivity (Wildman–Crippen MR) is 55.5 cm³/mol. The third kappa shape index (κ3) is 6.71. The first kappa shape index (κ1) is 15.6. The van der Waals surface area contributed by atoms with Crippen LogP contribution in [-0.2, 0) is 24.5 Å². The van der Waals surface area contributed by atoms with E-state index in [0.717, 1.165) is 7.11 Å². The van der Waals surface area contributed by atoms with Crippen LogP contribution >= 0.6 is 0 Å². The molecule has 0 aliphatic rings. The van der Waals surface area contributed by atoms with Crippen LogP contribution < -0.4 is 9.44 Å². The van der Waals surface area contributed by atoms with E-state index in [1.165, 1.54) is 11.8 Å². The van der Waals surface area contributed by atoms with Crippen molar-refractivity contribution in [2.45, 2.75) is 12.5 Å². The number of carboxylic acid groups (broad SMARTS) is 1. The Labute approximate surface area is 98.3 Å². The van der Waals surface area contributed by atoms with Crippen molar-refractivity contribution in [1.29, 1.82) is 0 Å². The minimum absolute atomic E-state index is 0.0533. The van der Waals surface area contributed by atoms with Crippen molar-refractivity contribution >= 4 is 22.3 Å². The molecule has 0 fully saturated rings. The van der Waals surface area contributed by atoms with Crippen molar-refractivity contribution in [3.8, 4) is 0 Å². The van der Waals surface area contributed by atoms with Gasteiger partial charge in [0, 0.05) is 13.7 Å². The summed E-state index contributed by atoms with van der Waals surface area (Å²) in [5.74, 6) is -1.38. The van der Waals surface area contributed by atoms with Crippen molar-refractivity contribution in [3.05, 3.63) is 0 Å². The first-order valence-electron chi connectivity index (χ1n) is 4.42. The van der Waals surface area contributed by atoms with Crippen LogP contribution in [-0.4, -0.2) is 52.5 Å². The summed E-state index contributed by atoms with van der Waals surface area (Å²) in [5.41, 5.74) is 0. The molecule has 100 valence electrons. The number of nitrogens with one attached hydrogen (secondary N) is 2. The van der Waals surface area contributed by atoms with E-state index in [1.807, 2.05) is 0 Å². The summed E-state index contributed by atoms with van der Waals surface area (Å²) in [6, 6.07) is -1.39. The van der Waals surface area contributed by atoms with Gasteiger partial charge in [0.05, 0.1) is 7.11 Å². The highest BCUT2D eigenvalue weighted by atomic mass is 32.2. The van der Waals surface area contributed by atoms with Gasteiger partial charge in [0.25, 0.3) is 0 Å². The number of hydrogen-bond acceptors (Lipinski definition) is 6. The minimum atomic E-state index is -4.28. The Morgan fingerprint density at radius 1 is 1.35 bits per heavy atom. The van der Waals surface area contributed by atoms with E-state index < -0.39 is 28.3 Å². The van der Waals surface area contributed by atoms with E-state index in [9.17, 15) is 18.0 Å². The number of carbonyl (C=O) groups excluding carboxylic acids is 1. The zero-order valence-electron chi connectivity index (χ0n) is 9.30. The number of carbonyl (C=O) groups is 2. The quantitative estimate of drug-likeness (QED) is 0.522. The maximum absolute atomic E-state index is 11.3. The Kier molecular flexibility index (Phi) is 6.46. The van der Waals surface area contributed by atoms with Crippen molar-refractivity contribution in [3.63, 3.8) is 0 Å². The minimum Gasteiger partial charge on any atom is -0.480 e. The number of hydrogen-bond donors (Lipinski definition) is 3. The van der Waals surface area contributed by atoms with Gasteiger partial charge in [-0.2, -0.15) is 13.1 Å². The molecule has 1 unspecified atom stereocenters.